The number of hydrogen-bond donors (Lipinski definition) is 0. The molecule has 1 saturated carbocycles. The smallest absolute Gasteiger partial charge is 0.185 e. The largest absolute Gasteiger partial charge is 0.265 e. The van der Waals surface area contributed by atoms with Crippen LogP contribution in [0.1, 0.15) is 43.7 Å². The first kappa shape index (κ1) is 10.9. The minimum atomic E-state index is 0.572. The lowest BCUT2D eigenvalue weighted by Gasteiger charge is -2.20. The quantitative estimate of drug-likeness (QED) is 0.563. The summed E-state index contributed by atoms with van der Waals surface area (Å²) in [6, 6.07) is 3.88. The Bertz CT molecular complexity index is 373. The molecule has 4 nitrogen and oxygen atoms in total. The fourth-order valence-corrected chi connectivity index (χ4v) is 2.18. The number of hydrogen-bond acceptors (Lipinski definition) is 4. The van der Waals surface area contributed by atoms with E-state index in [1.807, 2.05) is 18.3 Å². The van der Waals surface area contributed by atoms with Crippen molar-refractivity contribution in [2.45, 2.75) is 38.0 Å². The summed E-state index contributed by atoms with van der Waals surface area (Å²) in [5, 5.41) is 17.0. The minimum Gasteiger partial charge on any atom is -0.265 e. The van der Waals surface area contributed by atoms with Crippen molar-refractivity contribution in [3.63, 3.8) is 0 Å². The summed E-state index contributed by atoms with van der Waals surface area (Å²) in [5.74, 6) is 1.18. The monoisotopic (exact) mass is 216 g/mol. The lowest BCUT2D eigenvalue weighted by atomic mass is 9.87. The van der Waals surface area contributed by atoms with E-state index in [2.05, 4.69) is 10.2 Å². The van der Waals surface area contributed by atoms with E-state index in [0.29, 0.717) is 11.7 Å². The SMILES string of the molecule is CN(C#N)c1ccc(C2CCCCC2)nn1. The van der Waals surface area contributed by atoms with Gasteiger partial charge in [-0.05, 0) is 25.0 Å². The van der Waals surface area contributed by atoms with E-state index in [1.165, 1.54) is 37.0 Å². The highest BCUT2D eigenvalue weighted by Gasteiger charge is 2.17. The van der Waals surface area contributed by atoms with Crippen molar-refractivity contribution in [3.8, 4) is 6.19 Å². The van der Waals surface area contributed by atoms with Crippen LogP contribution in [0.25, 0.3) is 0 Å². The van der Waals surface area contributed by atoms with Crippen LogP contribution in [0.2, 0.25) is 0 Å². The zero-order chi connectivity index (χ0) is 11.4. The molecule has 4 heteroatoms. The molecule has 0 N–H and O–H groups in total. The fraction of sp³-hybridized carbons (Fsp3) is 0.583. The molecule has 0 amide bonds. The summed E-state index contributed by atoms with van der Waals surface area (Å²) < 4.78 is 0. The maximum atomic E-state index is 8.71. The second-order valence-electron chi connectivity index (χ2n) is 4.31. The average Bonchev–Trinajstić information content (AvgIpc) is 2.39. The van der Waals surface area contributed by atoms with E-state index in [9.17, 15) is 0 Å². The van der Waals surface area contributed by atoms with Crippen molar-refractivity contribution in [2.24, 2.45) is 0 Å². The predicted molar refractivity (Wildman–Crippen MR) is 61.9 cm³/mol. The van der Waals surface area contributed by atoms with Crippen LogP contribution in [0.5, 0.6) is 0 Å². The maximum Gasteiger partial charge on any atom is 0.185 e. The second kappa shape index (κ2) is 4.93. The van der Waals surface area contributed by atoms with Crippen LogP contribution >= 0.6 is 0 Å². The molecule has 0 radical (unpaired) electrons. The molecule has 0 spiro atoms. The van der Waals surface area contributed by atoms with Gasteiger partial charge in [0.15, 0.2) is 12.0 Å². The Hall–Kier alpha value is -1.63. The standard InChI is InChI=1S/C12H16N4/c1-16(9-13)12-8-7-11(14-15-12)10-5-3-2-4-6-10/h7-8,10H,2-6H2,1H3. The topological polar surface area (TPSA) is 52.8 Å². The molecule has 0 atom stereocenters. The van der Waals surface area contributed by atoms with Gasteiger partial charge >= 0.3 is 0 Å². The first-order chi connectivity index (χ1) is 7.81. The molecule has 0 aromatic carbocycles. The van der Waals surface area contributed by atoms with E-state index in [0.717, 1.165) is 5.69 Å². The summed E-state index contributed by atoms with van der Waals surface area (Å²) >= 11 is 0. The van der Waals surface area contributed by atoms with Crippen molar-refractivity contribution in [3.05, 3.63) is 17.8 Å². The van der Waals surface area contributed by atoms with Crippen LogP contribution < -0.4 is 4.90 Å². The Labute approximate surface area is 95.9 Å². The molecule has 1 heterocycles. The molecule has 1 aromatic heterocycles. The first-order valence-corrected chi connectivity index (χ1v) is 5.78. The van der Waals surface area contributed by atoms with Crippen molar-refractivity contribution < 1.29 is 0 Å². The molecule has 0 bridgehead atoms. The molecule has 0 saturated heterocycles. The van der Waals surface area contributed by atoms with Gasteiger partial charge in [0.05, 0.1) is 5.69 Å². The van der Waals surface area contributed by atoms with Gasteiger partial charge in [-0.2, -0.15) is 10.4 Å². The number of nitriles is 1. The molecule has 0 aliphatic heterocycles. The summed E-state index contributed by atoms with van der Waals surface area (Å²) in [6.07, 6.45) is 8.40. The highest BCUT2D eigenvalue weighted by molar-refractivity contribution is 5.41. The van der Waals surface area contributed by atoms with Crippen molar-refractivity contribution >= 4 is 5.82 Å². The van der Waals surface area contributed by atoms with Gasteiger partial charge in [0.1, 0.15) is 0 Å². The highest BCUT2D eigenvalue weighted by Crippen LogP contribution is 2.31. The van der Waals surface area contributed by atoms with Gasteiger partial charge in [0, 0.05) is 13.0 Å². The number of rotatable bonds is 2. The molecule has 2 rings (SSSR count). The van der Waals surface area contributed by atoms with Gasteiger partial charge in [0.25, 0.3) is 0 Å². The molecular formula is C12H16N4. The zero-order valence-electron chi connectivity index (χ0n) is 9.56. The number of anilines is 1. The van der Waals surface area contributed by atoms with Gasteiger partial charge < -0.3 is 0 Å². The third kappa shape index (κ3) is 2.30. The fourth-order valence-electron chi connectivity index (χ4n) is 2.18. The van der Waals surface area contributed by atoms with Crippen molar-refractivity contribution in [1.29, 1.82) is 5.26 Å². The third-order valence-electron chi connectivity index (χ3n) is 3.19. The van der Waals surface area contributed by atoms with Crippen LogP contribution in [-0.4, -0.2) is 17.2 Å². The molecule has 1 aromatic rings. The summed E-state index contributed by atoms with van der Waals surface area (Å²) in [7, 11) is 1.68. The van der Waals surface area contributed by atoms with Gasteiger partial charge in [0.2, 0.25) is 0 Å². The van der Waals surface area contributed by atoms with Crippen LogP contribution in [0.3, 0.4) is 0 Å². The molecule has 1 aliphatic carbocycles. The molecule has 1 aliphatic rings. The Morgan fingerprint density at radius 1 is 1.25 bits per heavy atom. The Morgan fingerprint density at radius 3 is 2.56 bits per heavy atom. The molecule has 16 heavy (non-hydrogen) atoms. The normalized spacial score (nSPS) is 16.8. The highest BCUT2D eigenvalue weighted by atomic mass is 15.2. The minimum absolute atomic E-state index is 0.572. The molecule has 84 valence electrons. The second-order valence-corrected chi connectivity index (χ2v) is 4.31. The lowest BCUT2D eigenvalue weighted by Crippen LogP contribution is -2.13. The molecule has 1 fully saturated rings. The molecule has 0 unspecified atom stereocenters. The Morgan fingerprint density at radius 2 is 2.00 bits per heavy atom. The van der Waals surface area contributed by atoms with Crippen LogP contribution in [0.15, 0.2) is 12.1 Å². The van der Waals surface area contributed by atoms with Gasteiger partial charge in [-0.1, -0.05) is 19.3 Å². The van der Waals surface area contributed by atoms with E-state index < -0.39 is 0 Å². The van der Waals surface area contributed by atoms with Gasteiger partial charge in [-0.15, -0.1) is 5.10 Å². The lowest BCUT2D eigenvalue weighted by molar-refractivity contribution is 0.434. The zero-order valence-corrected chi connectivity index (χ0v) is 9.56. The summed E-state index contributed by atoms with van der Waals surface area (Å²) in [5.41, 5.74) is 1.08. The van der Waals surface area contributed by atoms with E-state index >= 15 is 0 Å². The van der Waals surface area contributed by atoms with Crippen LogP contribution in [0, 0.1) is 11.5 Å². The van der Waals surface area contributed by atoms with E-state index in [-0.39, 0.29) is 0 Å². The van der Waals surface area contributed by atoms with Gasteiger partial charge in [-0.25, -0.2) is 0 Å². The maximum absolute atomic E-state index is 8.71. The van der Waals surface area contributed by atoms with Crippen molar-refractivity contribution in [1.82, 2.24) is 10.2 Å². The van der Waals surface area contributed by atoms with Crippen molar-refractivity contribution in [2.75, 3.05) is 11.9 Å². The van der Waals surface area contributed by atoms with Gasteiger partial charge in [-0.3, -0.25) is 4.90 Å². The van der Waals surface area contributed by atoms with Crippen LogP contribution in [0.4, 0.5) is 5.82 Å². The van der Waals surface area contributed by atoms with E-state index in [1.54, 1.807) is 7.05 Å². The predicted octanol–water partition coefficient (Wildman–Crippen LogP) is 2.44. The Kier molecular flexibility index (Phi) is 3.35. The summed E-state index contributed by atoms with van der Waals surface area (Å²) in [6.45, 7) is 0. The third-order valence-corrected chi connectivity index (χ3v) is 3.19. The molecular weight excluding hydrogens is 200 g/mol. The number of nitrogens with zero attached hydrogens (tertiary/aromatic N) is 4. The first-order valence-electron chi connectivity index (χ1n) is 5.78. The van der Waals surface area contributed by atoms with E-state index in [4.69, 9.17) is 5.26 Å². The average molecular weight is 216 g/mol. The van der Waals surface area contributed by atoms with Crippen LogP contribution in [-0.2, 0) is 0 Å². The summed E-state index contributed by atoms with van der Waals surface area (Å²) in [4.78, 5) is 1.41. The number of aromatic nitrogens is 2. The Balaban J connectivity index is 2.09.